The molecule has 0 saturated carbocycles. The zero-order valence-corrected chi connectivity index (χ0v) is 13.4. The van der Waals surface area contributed by atoms with Gasteiger partial charge in [-0.15, -0.1) is 0 Å². The summed E-state index contributed by atoms with van der Waals surface area (Å²) in [6.07, 6.45) is 1.80. The maximum Gasteiger partial charge on any atom is 0.0951 e. The Morgan fingerprint density at radius 1 is 0.833 bits per heavy atom. The van der Waals surface area contributed by atoms with E-state index in [4.69, 9.17) is 0 Å². The van der Waals surface area contributed by atoms with Gasteiger partial charge in [0.2, 0.25) is 0 Å². The molecule has 0 saturated heterocycles. The summed E-state index contributed by atoms with van der Waals surface area (Å²) >= 11 is 0. The molecule has 0 unspecified atom stereocenters. The smallest absolute Gasteiger partial charge is 0.0951 e. The standard InChI is InChI=1S/C21H17N3/c1-15(18-12-4-8-16-7-2-3-11-19(16)18)23-24-20-13-5-9-17-10-6-14-22-21(17)20/h2-14,24H,1H3/b23-15-. The molecule has 0 aliphatic rings. The number of aromatic nitrogens is 1. The third kappa shape index (κ3) is 2.61. The second kappa shape index (κ2) is 6.13. The number of fused-ring (bicyclic) bond motifs is 2. The lowest BCUT2D eigenvalue weighted by molar-refractivity contribution is 1.31. The molecular weight excluding hydrogens is 294 g/mol. The summed E-state index contributed by atoms with van der Waals surface area (Å²) in [6, 6.07) is 24.7. The molecule has 0 aliphatic carbocycles. The minimum atomic E-state index is 0.910. The minimum Gasteiger partial charge on any atom is -0.276 e. The first-order valence-corrected chi connectivity index (χ1v) is 7.95. The SMILES string of the molecule is C/C(=N/Nc1cccc2cccnc12)c1cccc2ccccc12. The molecule has 0 fully saturated rings. The van der Waals surface area contributed by atoms with E-state index in [1.165, 1.54) is 10.8 Å². The van der Waals surface area contributed by atoms with Crippen LogP contribution in [-0.4, -0.2) is 10.7 Å². The molecule has 3 aromatic carbocycles. The number of hydrazone groups is 1. The fourth-order valence-corrected chi connectivity index (χ4v) is 2.94. The van der Waals surface area contributed by atoms with Gasteiger partial charge < -0.3 is 0 Å². The third-order valence-corrected chi connectivity index (χ3v) is 4.16. The zero-order chi connectivity index (χ0) is 16.4. The number of benzene rings is 3. The fourth-order valence-electron chi connectivity index (χ4n) is 2.94. The van der Waals surface area contributed by atoms with Crippen LogP contribution in [0, 0.1) is 0 Å². The number of para-hydroxylation sites is 1. The van der Waals surface area contributed by atoms with Gasteiger partial charge in [-0.2, -0.15) is 5.10 Å². The van der Waals surface area contributed by atoms with Gasteiger partial charge >= 0.3 is 0 Å². The maximum absolute atomic E-state index is 4.59. The lowest BCUT2D eigenvalue weighted by Crippen LogP contribution is -2.01. The molecular formula is C21H17N3. The second-order valence-corrected chi connectivity index (χ2v) is 5.72. The van der Waals surface area contributed by atoms with Crippen molar-refractivity contribution in [2.45, 2.75) is 6.92 Å². The van der Waals surface area contributed by atoms with Gasteiger partial charge in [0.15, 0.2) is 0 Å². The van der Waals surface area contributed by atoms with Gasteiger partial charge in [-0.05, 0) is 29.8 Å². The molecule has 1 aromatic heterocycles. The lowest BCUT2D eigenvalue weighted by atomic mass is 10.0. The van der Waals surface area contributed by atoms with Gasteiger partial charge in [-0.1, -0.05) is 60.7 Å². The van der Waals surface area contributed by atoms with E-state index in [2.05, 4.69) is 70.1 Å². The van der Waals surface area contributed by atoms with E-state index in [0.717, 1.165) is 27.9 Å². The van der Waals surface area contributed by atoms with E-state index < -0.39 is 0 Å². The van der Waals surface area contributed by atoms with Crippen LogP contribution in [0.5, 0.6) is 0 Å². The Balaban J connectivity index is 1.72. The highest BCUT2D eigenvalue weighted by atomic mass is 15.3. The summed E-state index contributed by atoms with van der Waals surface area (Å²) in [7, 11) is 0. The number of nitrogens with zero attached hydrogens (tertiary/aromatic N) is 2. The summed E-state index contributed by atoms with van der Waals surface area (Å²) in [4.78, 5) is 4.45. The maximum atomic E-state index is 4.59. The zero-order valence-electron chi connectivity index (χ0n) is 13.4. The van der Waals surface area contributed by atoms with E-state index in [0.29, 0.717) is 0 Å². The molecule has 24 heavy (non-hydrogen) atoms. The number of anilines is 1. The molecule has 4 rings (SSSR count). The summed E-state index contributed by atoms with van der Waals surface area (Å²) < 4.78 is 0. The van der Waals surface area contributed by atoms with Crippen molar-refractivity contribution in [3.8, 4) is 0 Å². The van der Waals surface area contributed by atoms with Crippen LogP contribution in [0.15, 0.2) is 84.1 Å². The van der Waals surface area contributed by atoms with Crippen molar-refractivity contribution in [3.05, 3.63) is 84.6 Å². The Hall–Kier alpha value is -3.20. The third-order valence-electron chi connectivity index (χ3n) is 4.16. The molecule has 4 aromatic rings. The first-order chi connectivity index (χ1) is 11.8. The highest BCUT2D eigenvalue weighted by Gasteiger charge is 2.04. The lowest BCUT2D eigenvalue weighted by Gasteiger charge is -2.08. The molecule has 1 N–H and O–H groups in total. The van der Waals surface area contributed by atoms with E-state index in [1.807, 2.05) is 25.1 Å². The quantitative estimate of drug-likeness (QED) is 0.416. The van der Waals surface area contributed by atoms with Crippen molar-refractivity contribution in [2.24, 2.45) is 5.10 Å². The first-order valence-electron chi connectivity index (χ1n) is 7.95. The molecule has 0 aliphatic heterocycles. The van der Waals surface area contributed by atoms with Crippen LogP contribution in [0.2, 0.25) is 0 Å². The van der Waals surface area contributed by atoms with E-state index in [9.17, 15) is 0 Å². The van der Waals surface area contributed by atoms with E-state index >= 15 is 0 Å². The first kappa shape index (κ1) is 14.4. The summed E-state index contributed by atoms with van der Waals surface area (Å²) in [5.41, 5.74) is 7.09. The van der Waals surface area contributed by atoms with Crippen LogP contribution in [-0.2, 0) is 0 Å². The Morgan fingerprint density at radius 3 is 2.54 bits per heavy atom. The topological polar surface area (TPSA) is 37.3 Å². The Kier molecular flexibility index (Phi) is 3.67. The number of rotatable bonds is 3. The predicted molar refractivity (Wildman–Crippen MR) is 102 cm³/mol. The molecule has 116 valence electrons. The van der Waals surface area contributed by atoms with Crippen LogP contribution >= 0.6 is 0 Å². The van der Waals surface area contributed by atoms with Crippen molar-refractivity contribution in [1.29, 1.82) is 0 Å². The van der Waals surface area contributed by atoms with Gasteiger partial charge in [0.25, 0.3) is 0 Å². The van der Waals surface area contributed by atoms with Crippen LogP contribution in [0.1, 0.15) is 12.5 Å². The second-order valence-electron chi connectivity index (χ2n) is 5.72. The average Bonchev–Trinajstić information content (AvgIpc) is 2.65. The number of nitrogens with one attached hydrogen (secondary N) is 1. The molecule has 0 bridgehead atoms. The van der Waals surface area contributed by atoms with Crippen molar-refractivity contribution in [1.82, 2.24) is 4.98 Å². The molecule has 3 nitrogen and oxygen atoms in total. The van der Waals surface area contributed by atoms with Crippen molar-refractivity contribution < 1.29 is 0 Å². The monoisotopic (exact) mass is 311 g/mol. The van der Waals surface area contributed by atoms with Gasteiger partial charge in [0.1, 0.15) is 0 Å². The average molecular weight is 311 g/mol. The number of pyridine rings is 1. The van der Waals surface area contributed by atoms with Crippen LogP contribution < -0.4 is 5.43 Å². The van der Waals surface area contributed by atoms with Crippen LogP contribution in [0.4, 0.5) is 5.69 Å². The molecule has 0 atom stereocenters. The largest absolute Gasteiger partial charge is 0.276 e. The molecule has 1 heterocycles. The number of hydrogen-bond donors (Lipinski definition) is 1. The number of hydrogen-bond acceptors (Lipinski definition) is 3. The van der Waals surface area contributed by atoms with Gasteiger partial charge in [0.05, 0.1) is 16.9 Å². The van der Waals surface area contributed by atoms with Crippen molar-refractivity contribution in [2.75, 3.05) is 5.43 Å². The Morgan fingerprint density at radius 2 is 1.58 bits per heavy atom. The molecule has 0 spiro atoms. The normalized spacial score (nSPS) is 11.8. The van der Waals surface area contributed by atoms with Gasteiger partial charge in [0, 0.05) is 17.1 Å². The Bertz CT molecular complexity index is 1040. The van der Waals surface area contributed by atoms with E-state index in [-0.39, 0.29) is 0 Å². The highest BCUT2D eigenvalue weighted by molar-refractivity contribution is 6.10. The van der Waals surface area contributed by atoms with Crippen LogP contribution in [0.3, 0.4) is 0 Å². The summed E-state index contributed by atoms with van der Waals surface area (Å²) in [6.45, 7) is 2.02. The summed E-state index contributed by atoms with van der Waals surface area (Å²) in [5, 5.41) is 8.12. The van der Waals surface area contributed by atoms with E-state index in [1.54, 1.807) is 6.20 Å². The highest BCUT2D eigenvalue weighted by Crippen LogP contribution is 2.22. The Labute approximate surface area is 140 Å². The predicted octanol–water partition coefficient (Wildman–Crippen LogP) is 5.22. The van der Waals surface area contributed by atoms with Gasteiger partial charge in [-0.3, -0.25) is 10.4 Å². The van der Waals surface area contributed by atoms with Crippen molar-refractivity contribution >= 4 is 33.1 Å². The molecule has 0 radical (unpaired) electrons. The van der Waals surface area contributed by atoms with Gasteiger partial charge in [-0.25, -0.2) is 0 Å². The molecule has 3 heteroatoms. The molecule has 0 amide bonds. The van der Waals surface area contributed by atoms with Crippen molar-refractivity contribution in [3.63, 3.8) is 0 Å². The summed E-state index contributed by atoms with van der Waals surface area (Å²) in [5.74, 6) is 0. The minimum absolute atomic E-state index is 0.910. The van der Waals surface area contributed by atoms with Crippen LogP contribution in [0.25, 0.3) is 21.7 Å². The fraction of sp³-hybridized carbons (Fsp3) is 0.0476.